The summed E-state index contributed by atoms with van der Waals surface area (Å²) in [6, 6.07) is 11.7. The summed E-state index contributed by atoms with van der Waals surface area (Å²) < 4.78 is 26.8. The number of piperidine rings is 1. The zero-order valence-electron chi connectivity index (χ0n) is 23.3. The maximum absolute atomic E-state index is 13.6. The lowest BCUT2D eigenvalue weighted by Gasteiger charge is -2.36. The molecule has 2 fully saturated rings. The lowest BCUT2D eigenvalue weighted by molar-refractivity contribution is -0.110. The van der Waals surface area contributed by atoms with E-state index in [4.69, 9.17) is 23.2 Å². The zero-order valence-corrected chi connectivity index (χ0v) is 25.6. The number of nitrogens with one attached hydrogen (secondary N) is 2. The van der Waals surface area contributed by atoms with Crippen molar-refractivity contribution in [2.45, 2.75) is 49.3 Å². The van der Waals surface area contributed by atoms with Crippen molar-refractivity contribution in [2.75, 3.05) is 31.5 Å². The molecule has 11 heteroatoms. The average Bonchev–Trinajstić information content (AvgIpc) is 3.70. The number of H-pyrrole nitrogens is 1. The third-order valence-corrected chi connectivity index (χ3v) is 10.8. The van der Waals surface area contributed by atoms with E-state index in [0.29, 0.717) is 47.2 Å². The van der Waals surface area contributed by atoms with Crippen LogP contribution in [0.3, 0.4) is 0 Å². The highest BCUT2D eigenvalue weighted by atomic mass is 35.5. The Labute approximate surface area is 255 Å². The lowest BCUT2D eigenvalue weighted by Crippen LogP contribution is -2.46. The van der Waals surface area contributed by atoms with Crippen LogP contribution in [0.15, 0.2) is 47.4 Å². The Morgan fingerprint density at radius 3 is 2.40 bits per heavy atom. The van der Waals surface area contributed by atoms with Crippen LogP contribution in [0.1, 0.15) is 58.6 Å². The fourth-order valence-electron chi connectivity index (χ4n) is 6.20. The molecule has 220 valence electrons. The fourth-order valence-corrected chi connectivity index (χ4v) is 8.32. The number of rotatable bonds is 6. The molecule has 2 saturated heterocycles. The van der Waals surface area contributed by atoms with E-state index in [1.54, 1.807) is 30.3 Å². The van der Waals surface area contributed by atoms with Gasteiger partial charge in [0.2, 0.25) is 0 Å². The van der Waals surface area contributed by atoms with E-state index in [0.717, 1.165) is 31.6 Å². The van der Waals surface area contributed by atoms with Crippen LogP contribution >= 0.6 is 23.2 Å². The van der Waals surface area contributed by atoms with Gasteiger partial charge in [-0.3, -0.25) is 9.59 Å². The molecule has 3 aliphatic rings. The summed E-state index contributed by atoms with van der Waals surface area (Å²) in [6.07, 6.45) is 6.05. The molecule has 3 aromatic rings. The second-order valence-electron chi connectivity index (χ2n) is 11.2. The van der Waals surface area contributed by atoms with Crippen molar-refractivity contribution in [2.24, 2.45) is 0 Å². The normalized spacial score (nSPS) is 19.0. The van der Waals surface area contributed by atoms with Gasteiger partial charge in [-0.1, -0.05) is 29.3 Å². The van der Waals surface area contributed by atoms with Gasteiger partial charge in [0.1, 0.15) is 0 Å². The molecule has 2 N–H and O–H groups in total. The van der Waals surface area contributed by atoms with Gasteiger partial charge in [0.15, 0.2) is 9.84 Å². The first kappa shape index (κ1) is 29.0. The number of nitrogens with zero attached hydrogens (tertiary/aromatic N) is 2. The molecular weight excluding hydrogens is 595 g/mol. The van der Waals surface area contributed by atoms with E-state index in [-0.39, 0.29) is 38.1 Å². The molecular formula is C31H32Cl2N4O4S. The zero-order chi connectivity index (χ0) is 29.6. The lowest BCUT2D eigenvalue weighted by atomic mass is 10.0. The highest BCUT2D eigenvalue weighted by Gasteiger charge is 2.31. The molecule has 0 spiro atoms. The van der Waals surface area contributed by atoms with Gasteiger partial charge in [0.25, 0.3) is 11.8 Å². The van der Waals surface area contributed by atoms with E-state index in [2.05, 4.69) is 15.2 Å². The average molecular weight is 628 g/mol. The topological polar surface area (TPSA) is 103 Å². The van der Waals surface area contributed by atoms with Crippen molar-refractivity contribution < 1.29 is 18.0 Å². The summed E-state index contributed by atoms with van der Waals surface area (Å²) in [4.78, 5) is 34.4. The number of hydrogen-bond acceptors (Lipinski definition) is 5. The monoisotopic (exact) mass is 626 g/mol. The molecule has 0 unspecified atom stereocenters. The summed E-state index contributed by atoms with van der Waals surface area (Å²) in [6.45, 7) is 5.55. The number of aromatic amines is 1. The molecule has 4 heterocycles. The number of halogens is 2. The van der Waals surface area contributed by atoms with Crippen LogP contribution in [0, 0.1) is 6.92 Å². The number of fused-ring (bicyclic) bond motifs is 1. The summed E-state index contributed by atoms with van der Waals surface area (Å²) in [5, 5.41) is 3.34. The smallest absolute Gasteiger partial charge is 0.256 e. The van der Waals surface area contributed by atoms with Crippen molar-refractivity contribution in [3.05, 3.63) is 80.6 Å². The van der Waals surface area contributed by atoms with Crippen molar-refractivity contribution in [3.63, 3.8) is 0 Å². The van der Waals surface area contributed by atoms with Crippen molar-refractivity contribution in [1.82, 2.24) is 14.8 Å². The van der Waals surface area contributed by atoms with Gasteiger partial charge in [-0.25, -0.2) is 8.42 Å². The van der Waals surface area contributed by atoms with E-state index in [1.807, 2.05) is 17.9 Å². The molecule has 0 saturated carbocycles. The molecule has 8 nitrogen and oxygen atoms in total. The van der Waals surface area contributed by atoms with Crippen LogP contribution in [0.2, 0.25) is 10.0 Å². The van der Waals surface area contributed by atoms with Crippen LogP contribution in [0.25, 0.3) is 11.6 Å². The number of sulfone groups is 1. The van der Waals surface area contributed by atoms with Crippen LogP contribution in [-0.2, 0) is 20.4 Å². The predicted molar refractivity (Wildman–Crippen MR) is 166 cm³/mol. The Morgan fingerprint density at radius 2 is 1.71 bits per heavy atom. The molecule has 0 atom stereocenters. The minimum Gasteiger partial charge on any atom is -0.358 e. The molecule has 2 amide bonds. The first-order valence-electron chi connectivity index (χ1n) is 14.2. The molecule has 42 heavy (non-hydrogen) atoms. The second kappa shape index (κ2) is 11.5. The van der Waals surface area contributed by atoms with Crippen molar-refractivity contribution in [1.29, 1.82) is 0 Å². The van der Waals surface area contributed by atoms with Gasteiger partial charge in [-0.05, 0) is 88.2 Å². The number of anilines is 1. The minimum atomic E-state index is -3.84. The van der Waals surface area contributed by atoms with E-state index in [9.17, 15) is 18.0 Å². The number of aryl methyl sites for hydroxylation is 1. The molecule has 0 bridgehead atoms. The maximum atomic E-state index is 13.6. The Bertz CT molecular complexity index is 1680. The SMILES string of the molecule is Cc1cc(C(=O)N2CCC(N3CCCC3)CC2)c(C=C2C(=O)Nc3ccc(S(=O)(=O)Cc4c(Cl)cccc4Cl)cc32)[nH]1. The van der Waals surface area contributed by atoms with E-state index >= 15 is 0 Å². The van der Waals surface area contributed by atoms with Gasteiger partial charge in [0.05, 0.1) is 27.5 Å². The van der Waals surface area contributed by atoms with Crippen LogP contribution in [0.4, 0.5) is 5.69 Å². The summed E-state index contributed by atoms with van der Waals surface area (Å²) >= 11 is 12.5. The van der Waals surface area contributed by atoms with Crippen molar-refractivity contribution in [3.8, 4) is 0 Å². The van der Waals surface area contributed by atoms with Gasteiger partial charge >= 0.3 is 0 Å². The summed E-state index contributed by atoms with van der Waals surface area (Å²) in [5.74, 6) is -0.823. The highest BCUT2D eigenvalue weighted by molar-refractivity contribution is 7.90. The third kappa shape index (κ3) is 5.63. The van der Waals surface area contributed by atoms with Crippen LogP contribution in [-0.4, -0.2) is 67.2 Å². The molecule has 6 rings (SSSR count). The number of amides is 2. The summed E-state index contributed by atoms with van der Waals surface area (Å²) in [5.41, 5.74) is 3.36. The summed E-state index contributed by atoms with van der Waals surface area (Å²) in [7, 11) is -3.84. The molecule has 2 aromatic carbocycles. The van der Waals surface area contributed by atoms with Crippen LogP contribution < -0.4 is 5.32 Å². The molecule has 3 aliphatic heterocycles. The Morgan fingerprint density at radius 1 is 1.02 bits per heavy atom. The fraction of sp³-hybridized carbons (Fsp3) is 0.355. The third-order valence-electron chi connectivity index (χ3n) is 8.44. The van der Waals surface area contributed by atoms with E-state index < -0.39 is 9.84 Å². The minimum absolute atomic E-state index is 0.0412. The Hall–Kier alpha value is -3.11. The molecule has 1 aromatic heterocycles. The number of likely N-dealkylation sites (tertiary alicyclic amines) is 2. The van der Waals surface area contributed by atoms with Crippen LogP contribution in [0.5, 0.6) is 0 Å². The number of carbonyl (C=O) groups excluding carboxylic acids is 2. The van der Waals surface area contributed by atoms with Gasteiger partial charge in [0, 0.05) is 51.7 Å². The number of carbonyl (C=O) groups is 2. The molecule has 0 aliphatic carbocycles. The maximum Gasteiger partial charge on any atom is 0.256 e. The molecule has 0 radical (unpaired) electrons. The number of benzene rings is 2. The Balaban J connectivity index is 1.27. The number of hydrogen-bond donors (Lipinski definition) is 2. The largest absolute Gasteiger partial charge is 0.358 e. The standard InChI is InChI=1S/C31H32Cl2N4O4S/c1-19-15-24(31(39)37-13-9-20(10-14-37)36-11-2-3-12-36)29(34-19)17-23-22-16-21(7-8-28(22)35-30(23)38)42(40,41)18-25-26(32)5-4-6-27(25)33/h4-8,15-17,20,34H,2-3,9-14,18H2,1H3,(H,35,38). The second-order valence-corrected chi connectivity index (χ2v) is 14.0. The Kier molecular flexibility index (Phi) is 7.95. The van der Waals surface area contributed by atoms with Gasteiger partial charge in [-0.2, -0.15) is 0 Å². The van der Waals surface area contributed by atoms with Gasteiger partial charge in [-0.15, -0.1) is 0 Å². The first-order valence-corrected chi connectivity index (χ1v) is 16.6. The predicted octanol–water partition coefficient (Wildman–Crippen LogP) is 5.80. The quantitative estimate of drug-likeness (QED) is 0.337. The highest BCUT2D eigenvalue weighted by Crippen LogP contribution is 2.37. The first-order chi connectivity index (χ1) is 20.1. The van der Waals surface area contributed by atoms with Gasteiger partial charge < -0.3 is 20.1 Å². The number of aromatic nitrogens is 1. The van der Waals surface area contributed by atoms with E-state index in [1.165, 1.54) is 25.0 Å². The van der Waals surface area contributed by atoms with Crippen molar-refractivity contribution >= 4 is 62.2 Å².